The van der Waals surface area contributed by atoms with Crippen molar-refractivity contribution in [2.24, 2.45) is 0 Å². The number of rotatable bonds is 8. The number of ketones is 1. The van der Waals surface area contributed by atoms with E-state index in [9.17, 15) is 13.6 Å². The monoisotopic (exact) mass is 422 g/mol. The van der Waals surface area contributed by atoms with Gasteiger partial charge < -0.3 is 9.47 Å². The molecule has 0 amide bonds. The average molecular weight is 422 g/mol. The number of hydrogen-bond donors (Lipinski definition) is 0. The minimum atomic E-state index is -2.89. The zero-order valence-electron chi connectivity index (χ0n) is 16.1. The topological polar surface area (TPSA) is 79.1 Å². The van der Waals surface area contributed by atoms with E-state index in [1.807, 2.05) is 18.2 Å². The van der Waals surface area contributed by atoms with Gasteiger partial charge in [0.25, 0.3) is 0 Å². The molecule has 1 aromatic heterocycles. The number of halogens is 2. The Morgan fingerprint density at radius 2 is 1.52 bits per heavy atom. The Morgan fingerprint density at radius 1 is 0.871 bits per heavy atom. The first-order valence-corrected chi connectivity index (χ1v) is 9.25. The Bertz CT molecular complexity index is 1150. The maximum absolute atomic E-state index is 12.5. The Balaban J connectivity index is 1.41. The fourth-order valence-electron chi connectivity index (χ4n) is 2.87. The Hall–Kier alpha value is -4.14. The number of alkyl halides is 2. The molecular weight excluding hydrogens is 406 g/mol. The smallest absolute Gasteiger partial charge is 0.387 e. The number of benzene rings is 3. The van der Waals surface area contributed by atoms with Crippen LogP contribution in [-0.4, -0.2) is 32.6 Å². The molecule has 4 aromatic rings. The number of carbonyl (C=O) groups excluding carboxylic acids is 1. The van der Waals surface area contributed by atoms with Crippen molar-refractivity contribution in [3.8, 4) is 17.2 Å². The molecule has 0 fully saturated rings. The van der Waals surface area contributed by atoms with Crippen molar-refractivity contribution in [1.82, 2.24) is 20.2 Å². The normalized spacial score (nSPS) is 10.8. The van der Waals surface area contributed by atoms with Crippen molar-refractivity contribution >= 4 is 5.78 Å². The van der Waals surface area contributed by atoms with Gasteiger partial charge in [-0.15, -0.1) is 5.10 Å². The van der Waals surface area contributed by atoms with E-state index in [1.54, 1.807) is 48.5 Å². The Kier molecular flexibility index (Phi) is 5.93. The second-order valence-electron chi connectivity index (χ2n) is 6.39. The lowest BCUT2D eigenvalue weighted by Gasteiger charge is -2.09. The van der Waals surface area contributed by atoms with Crippen LogP contribution in [0.5, 0.6) is 11.5 Å². The summed E-state index contributed by atoms with van der Waals surface area (Å²) in [5.41, 5.74) is 1.73. The summed E-state index contributed by atoms with van der Waals surface area (Å²) in [5, 5.41) is 11.5. The van der Waals surface area contributed by atoms with Gasteiger partial charge in [0.2, 0.25) is 0 Å². The third kappa shape index (κ3) is 4.89. The molecule has 156 valence electrons. The molecule has 7 nitrogen and oxygen atoms in total. The third-order valence-corrected chi connectivity index (χ3v) is 4.36. The van der Waals surface area contributed by atoms with Crippen molar-refractivity contribution < 1.29 is 23.0 Å². The van der Waals surface area contributed by atoms with E-state index in [1.165, 1.54) is 16.8 Å². The van der Waals surface area contributed by atoms with Crippen LogP contribution in [0.15, 0.2) is 78.9 Å². The van der Waals surface area contributed by atoms with Crippen molar-refractivity contribution in [2.45, 2.75) is 13.2 Å². The largest absolute Gasteiger partial charge is 0.486 e. The average Bonchev–Trinajstić information content (AvgIpc) is 3.27. The molecule has 0 N–H and O–H groups in total. The number of carbonyl (C=O) groups is 1. The van der Waals surface area contributed by atoms with Gasteiger partial charge in [-0.25, -0.2) is 0 Å². The van der Waals surface area contributed by atoms with Crippen LogP contribution in [0.25, 0.3) is 5.69 Å². The van der Waals surface area contributed by atoms with E-state index < -0.39 is 6.61 Å². The molecule has 9 heteroatoms. The second kappa shape index (κ2) is 9.12. The lowest BCUT2D eigenvalue weighted by molar-refractivity contribution is -0.0498. The first-order valence-electron chi connectivity index (χ1n) is 9.25. The molecule has 0 spiro atoms. The summed E-state index contributed by atoms with van der Waals surface area (Å²) < 4.78 is 36.1. The van der Waals surface area contributed by atoms with Gasteiger partial charge in [-0.1, -0.05) is 30.3 Å². The number of aromatic nitrogens is 4. The summed E-state index contributed by atoms with van der Waals surface area (Å²) >= 11 is 0. The standard InChI is InChI=1S/C22H16F2N4O3/c23-22(24)31-19-12-8-17(9-13-19)28-20(25-26-27-28)14-30-18-10-6-16(7-11-18)21(29)15-4-2-1-3-5-15/h1-13,22H,14H2. The minimum absolute atomic E-state index is 0.0368. The SMILES string of the molecule is O=C(c1ccccc1)c1ccc(OCc2nnnn2-c2ccc(OC(F)F)cc2)cc1. The Labute approximate surface area is 175 Å². The van der Waals surface area contributed by atoms with Gasteiger partial charge in [0, 0.05) is 11.1 Å². The number of hydrogen-bond acceptors (Lipinski definition) is 6. The molecule has 0 aliphatic carbocycles. The fraction of sp³-hybridized carbons (Fsp3) is 0.0909. The van der Waals surface area contributed by atoms with Crippen LogP contribution in [0.2, 0.25) is 0 Å². The van der Waals surface area contributed by atoms with Crippen LogP contribution in [0.3, 0.4) is 0 Å². The molecule has 3 aromatic carbocycles. The van der Waals surface area contributed by atoms with Crippen molar-refractivity contribution in [3.05, 3.63) is 95.8 Å². The first kappa shape index (κ1) is 20.1. The maximum atomic E-state index is 12.5. The molecule has 1 heterocycles. The van der Waals surface area contributed by atoms with Crippen LogP contribution < -0.4 is 9.47 Å². The predicted molar refractivity (Wildman–Crippen MR) is 106 cm³/mol. The summed E-state index contributed by atoms with van der Waals surface area (Å²) in [5.74, 6) is 0.914. The summed E-state index contributed by atoms with van der Waals surface area (Å²) in [4.78, 5) is 12.5. The van der Waals surface area contributed by atoms with E-state index in [2.05, 4.69) is 20.3 Å². The molecule has 0 unspecified atom stereocenters. The van der Waals surface area contributed by atoms with E-state index in [0.29, 0.717) is 28.4 Å². The second-order valence-corrected chi connectivity index (χ2v) is 6.39. The van der Waals surface area contributed by atoms with E-state index in [0.717, 1.165) is 0 Å². The summed E-state index contributed by atoms with van der Waals surface area (Å²) in [6.07, 6.45) is 0. The molecule has 0 saturated carbocycles. The molecule has 0 atom stereocenters. The lowest BCUT2D eigenvalue weighted by Crippen LogP contribution is -2.07. The quantitative estimate of drug-likeness (QED) is 0.398. The zero-order chi connectivity index (χ0) is 21.6. The van der Waals surface area contributed by atoms with Crippen LogP contribution in [0.4, 0.5) is 8.78 Å². The van der Waals surface area contributed by atoms with Gasteiger partial charge in [-0.05, 0) is 59.0 Å². The van der Waals surface area contributed by atoms with E-state index in [4.69, 9.17) is 4.74 Å². The first-order chi connectivity index (χ1) is 15.1. The van der Waals surface area contributed by atoms with Crippen LogP contribution in [0.1, 0.15) is 21.7 Å². The highest BCUT2D eigenvalue weighted by Gasteiger charge is 2.12. The van der Waals surface area contributed by atoms with E-state index in [-0.39, 0.29) is 18.1 Å². The molecule has 31 heavy (non-hydrogen) atoms. The third-order valence-electron chi connectivity index (χ3n) is 4.36. The maximum Gasteiger partial charge on any atom is 0.387 e. The number of ether oxygens (including phenoxy) is 2. The van der Waals surface area contributed by atoms with Crippen molar-refractivity contribution in [3.63, 3.8) is 0 Å². The summed E-state index contributed by atoms with van der Waals surface area (Å²) in [6.45, 7) is -2.83. The van der Waals surface area contributed by atoms with Gasteiger partial charge in [0.1, 0.15) is 18.1 Å². The van der Waals surface area contributed by atoms with Crippen LogP contribution in [-0.2, 0) is 6.61 Å². The number of tetrazole rings is 1. The Morgan fingerprint density at radius 3 is 2.19 bits per heavy atom. The molecule has 0 aliphatic heterocycles. The summed E-state index contributed by atoms with van der Waals surface area (Å²) in [6, 6.07) is 21.7. The fourth-order valence-corrected chi connectivity index (χ4v) is 2.87. The van der Waals surface area contributed by atoms with Crippen LogP contribution >= 0.6 is 0 Å². The highest BCUT2D eigenvalue weighted by molar-refractivity contribution is 6.08. The van der Waals surface area contributed by atoms with Gasteiger partial charge in [0.15, 0.2) is 11.6 Å². The van der Waals surface area contributed by atoms with Crippen molar-refractivity contribution in [1.29, 1.82) is 0 Å². The van der Waals surface area contributed by atoms with Gasteiger partial charge in [0.05, 0.1) is 5.69 Å². The highest BCUT2D eigenvalue weighted by atomic mass is 19.3. The molecular formula is C22H16F2N4O3. The van der Waals surface area contributed by atoms with Gasteiger partial charge >= 0.3 is 6.61 Å². The predicted octanol–water partition coefficient (Wildman–Crippen LogP) is 4.07. The lowest BCUT2D eigenvalue weighted by atomic mass is 10.0. The highest BCUT2D eigenvalue weighted by Crippen LogP contribution is 2.19. The number of nitrogens with zero attached hydrogens (tertiary/aromatic N) is 4. The van der Waals surface area contributed by atoms with Gasteiger partial charge in [-0.2, -0.15) is 13.5 Å². The van der Waals surface area contributed by atoms with Crippen LogP contribution in [0, 0.1) is 0 Å². The molecule has 4 rings (SSSR count). The molecule has 0 aliphatic rings. The van der Waals surface area contributed by atoms with Crippen molar-refractivity contribution in [2.75, 3.05) is 0 Å². The minimum Gasteiger partial charge on any atom is -0.486 e. The molecule has 0 saturated heterocycles. The molecule has 0 radical (unpaired) electrons. The summed E-state index contributed by atoms with van der Waals surface area (Å²) in [7, 11) is 0. The van der Waals surface area contributed by atoms with Gasteiger partial charge in [-0.3, -0.25) is 4.79 Å². The molecule has 0 bridgehead atoms. The zero-order valence-corrected chi connectivity index (χ0v) is 16.1. The van der Waals surface area contributed by atoms with E-state index >= 15 is 0 Å².